The molecule has 6 heteroatoms. The van der Waals surface area contributed by atoms with Crippen molar-refractivity contribution in [3.8, 4) is 16.3 Å². The Morgan fingerprint density at radius 3 is 2.89 bits per heavy atom. The zero-order valence-electron chi connectivity index (χ0n) is 15.4. The Kier molecular flexibility index (Phi) is 5.30. The maximum atomic E-state index is 12.4. The van der Waals surface area contributed by atoms with Crippen LogP contribution in [0.1, 0.15) is 12.1 Å². The third kappa shape index (κ3) is 4.02. The Morgan fingerprint density at radius 1 is 1.14 bits per heavy atom. The van der Waals surface area contributed by atoms with Gasteiger partial charge in [0.2, 0.25) is 5.91 Å². The average molecular weight is 389 g/mol. The van der Waals surface area contributed by atoms with E-state index in [0.717, 1.165) is 38.6 Å². The number of rotatable bonds is 6. The van der Waals surface area contributed by atoms with Gasteiger partial charge in [-0.15, -0.1) is 11.3 Å². The van der Waals surface area contributed by atoms with E-state index >= 15 is 0 Å². The van der Waals surface area contributed by atoms with Gasteiger partial charge in [0.15, 0.2) is 0 Å². The van der Waals surface area contributed by atoms with E-state index in [2.05, 4.69) is 15.3 Å². The van der Waals surface area contributed by atoms with Gasteiger partial charge in [-0.3, -0.25) is 9.78 Å². The van der Waals surface area contributed by atoms with Crippen molar-refractivity contribution < 1.29 is 9.53 Å². The van der Waals surface area contributed by atoms with Gasteiger partial charge >= 0.3 is 0 Å². The molecule has 0 atom stereocenters. The molecular weight excluding hydrogens is 370 g/mol. The first-order valence-electron chi connectivity index (χ1n) is 8.95. The van der Waals surface area contributed by atoms with Gasteiger partial charge in [0.25, 0.3) is 0 Å². The van der Waals surface area contributed by atoms with Gasteiger partial charge in [-0.05, 0) is 30.7 Å². The van der Waals surface area contributed by atoms with Crippen molar-refractivity contribution in [3.05, 3.63) is 71.9 Å². The zero-order valence-corrected chi connectivity index (χ0v) is 16.2. The van der Waals surface area contributed by atoms with Crippen molar-refractivity contribution in [1.82, 2.24) is 9.97 Å². The average Bonchev–Trinajstić information content (AvgIpc) is 3.22. The third-order valence-corrected chi connectivity index (χ3v) is 5.32. The Labute approximate surface area is 167 Å². The second-order valence-electron chi connectivity index (χ2n) is 6.30. The summed E-state index contributed by atoms with van der Waals surface area (Å²) >= 11 is 1.57. The van der Waals surface area contributed by atoms with E-state index in [9.17, 15) is 4.79 Å². The van der Waals surface area contributed by atoms with Gasteiger partial charge < -0.3 is 10.1 Å². The van der Waals surface area contributed by atoms with E-state index in [0.29, 0.717) is 12.8 Å². The number of benzene rings is 2. The maximum absolute atomic E-state index is 12.4. The number of hydrogen-bond donors (Lipinski definition) is 1. The second-order valence-corrected chi connectivity index (χ2v) is 7.16. The smallest absolute Gasteiger partial charge is 0.224 e. The van der Waals surface area contributed by atoms with Crippen LogP contribution in [0.5, 0.6) is 5.75 Å². The number of amides is 1. The van der Waals surface area contributed by atoms with Crippen LogP contribution in [0.2, 0.25) is 0 Å². The largest absolute Gasteiger partial charge is 0.497 e. The quantitative estimate of drug-likeness (QED) is 0.507. The van der Waals surface area contributed by atoms with Crippen LogP contribution in [0.25, 0.3) is 21.5 Å². The van der Waals surface area contributed by atoms with Gasteiger partial charge in [0.05, 0.1) is 24.0 Å². The Hall–Kier alpha value is -3.25. The predicted molar refractivity (Wildman–Crippen MR) is 113 cm³/mol. The highest BCUT2D eigenvalue weighted by Gasteiger charge is 2.10. The summed E-state index contributed by atoms with van der Waals surface area (Å²) in [7, 11) is 1.65. The molecule has 0 spiro atoms. The van der Waals surface area contributed by atoms with Gasteiger partial charge in [-0.25, -0.2) is 4.98 Å². The fourth-order valence-corrected chi connectivity index (χ4v) is 3.82. The van der Waals surface area contributed by atoms with Gasteiger partial charge in [-0.2, -0.15) is 0 Å². The summed E-state index contributed by atoms with van der Waals surface area (Å²) in [6.07, 6.45) is 2.68. The van der Waals surface area contributed by atoms with E-state index < -0.39 is 0 Å². The van der Waals surface area contributed by atoms with Crippen molar-refractivity contribution in [2.45, 2.75) is 12.8 Å². The Morgan fingerprint density at radius 2 is 2.00 bits per heavy atom. The molecule has 1 N–H and O–H groups in total. The molecule has 2 heterocycles. The number of hydrogen-bond acceptors (Lipinski definition) is 5. The molecule has 0 aliphatic rings. The number of aryl methyl sites for hydroxylation is 1. The number of carbonyl (C=O) groups excluding carboxylic acids is 1. The lowest BCUT2D eigenvalue weighted by atomic mass is 10.2. The van der Waals surface area contributed by atoms with E-state index in [1.807, 2.05) is 60.0 Å². The van der Waals surface area contributed by atoms with Crippen molar-refractivity contribution >= 4 is 33.8 Å². The van der Waals surface area contributed by atoms with Crippen molar-refractivity contribution in [3.63, 3.8) is 0 Å². The number of methoxy groups -OCH3 is 1. The summed E-state index contributed by atoms with van der Waals surface area (Å²) in [5.74, 6) is 0.756. The highest BCUT2D eigenvalue weighted by atomic mass is 32.1. The number of para-hydroxylation sites is 1. The minimum Gasteiger partial charge on any atom is -0.497 e. The van der Waals surface area contributed by atoms with Gasteiger partial charge in [-0.1, -0.05) is 30.3 Å². The minimum absolute atomic E-state index is 0.0471. The number of thiazole rings is 1. The van der Waals surface area contributed by atoms with Crippen LogP contribution < -0.4 is 10.1 Å². The molecule has 0 aliphatic carbocycles. The summed E-state index contributed by atoms with van der Waals surface area (Å²) in [4.78, 5) is 21.4. The molecule has 4 aromatic rings. The molecule has 0 fully saturated rings. The van der Waals surface area contributed by atoms with Crippen LogP contribution in [-0.4, -0.2) is 23.0 Å². The fourth-order valence-electron chi connectivity index (χ4n) is 2.97. The van der Waals surface area contributed by atoms with Crippen molar-refractivity contribution in [1.29, 1.82) is 0 Å². The third-order valence-electron chi connectivity index (χ3n) is 4.38. The van der Waals surface area contributed by atoms with E-state index in [4.69, 9.17) is 4.74 Å². The monoisotopic (exact) mass is 389 g/mol. The van der Waals surface area contributed by atoms with Crippen LogP contribution in [0, 0.1) is 0 Å². The van der Waals surface area contributed by atoms with E-state index in [-0.39, 0.29) is 5.91 Å². The summed E-state index contributed by atoms with van der Waals surface area (Å²) in [6, 6.07) is 17.5. The van der Waals surface area contributed by atoms with Crippen LogP contribution >= 0.6 is 11.3 Å². The lowest BCUT2D eigenvalue weighted by Crippen LogP contribution is -2.13. The number of pyridine rings is 1. The molecule has 2 aromatic carbocycles. The summed E-state index contributed by atoms with van der Waals surface area (Å²) in [6.45, 7) is 0. The number of nitrogens with zero attached hydrogens (tertiary/aromatic N) is 2. The minimum atomic E-state index is -0.0471. The number of fused-ring (bicyclic) bond motifs is 1. The number of carbonyl (C=O) groups is 1. The lowest BCUT2D eigenvalue weighted by molar-refractivity contribution is -0.116. The number of anilines is 1. The number of ether oxygens (including phenoxy) is 1. The SMILES string of the molecule is COc1cccc(-c2nc(CCC(=O)Nc3cccc4cccnc34)cs2)c1. The molecule has 0 bridgehead atoms. The van der Waals surface area contributed by atoms with Crippen molar-refractivity contribution in [2.24, 2.45) is 0 Å². The van der Waals surface area contributed by atoms with Crippen LogP contribution in [-0.2, 0) is 11.2 Å². The molecule has 0 saturated carbocycles. The van der Waals surface area contributed by atoms with Gasteiger partial charge in [0.1, 0.15) is 10.8 Å². The maximum Gasteiger partial charge on any atom is 0.224 e. The molecule has 5 nitrogen and oxygen atoms in total. The Balaban J connectivity index is 1.40. The molecular formula is C22H19N3O2S. The molecule has 0 radical (unpaired) electrons. The predicted octanol–water partition coefficient (Wildman–Crippen LogP) is 4.94. The number of aromatic nitrogens is 2. The molecule has 0 saturated heterocycles. The fraction of sp³-hybridized carbons (Fsp3) is 0.136. The molecule has 1 amide bonds. The first kappa shape index (κ1) is 18.1. The zero-order chi connectivity index (χ0) is 19.3. The first-order valence-corrected chi connectivity index (χ1v) is 9.83. The highest BCUT2D eigenvalue weighted by Crippen LogP contribution is 2.27. The van der Waals surface area contributed by atoms with Crippen molar-refractivity contribution in [2.75, 3.05) is 12.4 Å². The van der Waals surface area contributed by atoms with Crippen LogP contribution in [0.3, 0.4) is 0 Å². The molecule has 4 rings (SSSR count). The van der Waals surface area contributed by atoms with Crippen LogP contribution in [0.15, 0.2) is 66.2 Å². The van der Waals surface area contributed by atoms with E-state index in [1.165, 1.54) is 0 Å². The summed E-state index contributed by atoms with van der Waals surface area (Å²) in [5, 5.41) is 6.89. The first-order chi connectivity index (χ1) is 13.7. The molecule has 28 heavy (non-hydrogen) atoms. The molecule has 140 valence electrons. The Bertz CT molecular complexity index is 1120. The number of nitrogens with one attached hydrogen (secondary N) is 1. The highest BCUT2D eigenvalue weighted by molar-refractivity contribution is 7.13. The van der Waals surface area contributed by atoms with Crippen LogP contribution in [0.4, 0.5) is 5.69 Å². The van der Waals surface area contributed by atoms with Gasteiger partial charge in [0, 0.05) is 28.9 Å². The topological polar surface area (TPSA) is 64.1 Å². The summed E-state index contributed by atoms with van der Waals surface area (Å²) < 4.78 is 5.27. The second kappa shape index (κ2) is 8.19. The normalized spacial score (nSPS) is 10.8. The standard InChI is InChI=1S/C22H19N3O2S/c1-27-18-8-2-6-16(13-18)22-24-17(14-28-22)10-11-20(26)25-19-9-3-5-15-7-4-12-23-21(15)19/h2-9,12-14H,10-11H2,1H3,(H,25,26). The molecule has 0 aliphatic heterocycles. The van der Waals surface area contributed by atoms with E-state index in [1.54, 1.807) is 24.6 Å². The molecule has 0 unspecified atom stereocenters. The lowest BCUT2D eigenvalue weighted by Gasteiger charge is -2.07. The molecule has 2 aromatic heterocycles. The summed E-state index contributed by atoms with van der Waals surface area (Å²) in [5.41, 5.74) is 3.46.